The number of aliphatic hydroxyl groups is 3. The third-order valence-electron chi connectivity index (χ3n) is 3.71. The van der Waals surface area contributed by atoms with E-state index >= 15 is 0 Å². The molecule has 1 aliphatic rings. The Balaban J connectivity index is 2.08. The molecule has 0 bridgehead atoms. The minimum Gasteiger partial charge on any atom is -0.394 e. The summed E-state index contributed by atoms with van der Waals surface area (Å²) in [6, 6.07) is 1.84. The normalized spacial score (nSPS) is 32.9. The zero-order valence-corrected chi connectivity index (χ0v) is 13.3. The van der Waals surface area contributed by atoms with E-state index in [1.165, 1.54) is 6.92 Å². The van der Waals surface area contributed by atoms with Crippen LogP contribution in [0.25, 0.3) is 5.52 Å². The monoisotopic (exact) mass is 406 g/mol. The SMILES string of the molecule is C[C@@]1(O)[C@H](O)[C@@H](CO)O[C@H]1c1nc(N)c2c(I)ccn2n1. The zero-order chi connectivity index (χ0) is 15.4. The summed E-state index contributed by atoms with van der Waals surface area (Å²) in [7, 11) is 0. The Labute approximate surface area is 133 Å². The molecule has 0 saturated carbocycles. The van der Waals surface area contributed by atoms with E-state index in [1.807, 2.05) is 6.07 Å². The fourth-order valence-corrected chi connectivity index (χ4v) is 3.21. The molecule has 0 amide bonds. The first-order valence-corrected chi connectivity index (χ1v) is 7.41. The van der Waals surface area contributed by atoms with Gasteiger partial charge in [-0.1, -0.05) is 0 Å². The minimum atomic E-state index is -1.62. The van der Waals surface area contributed by atoms with E-state index in [4.69, 9.17) is 10.5 Å². The highest BCUT2D eigenvalue weighted by Crippen LogP contribution is 2.40. The number of nitrogens with two attached hydrogens (primary N) is 1. The third-order valence-corrected chi connectivity index (χ3v) is 4.58. The molecular weight excluding hydrogens is 391 g/mol. The Hall–Kier alpha value is -1.01. The van der Waals surface area contributed by atoms with Crippen LogP contribution in [-0.4, -0.2) is 54.3 Å². The zero-order valence-electron chi connectivity index (χ0n) is 11.1. The first-order chi connectivity index (χ1) is 9.86. The number of fused-ring (bicyclic) bond motifs is 1. The Morgan fingerprint density at radius 1 is 1.57 bits per heavy atom. The van der Waals surface area contributed by atoms with E-state index in [0.717, 1.165) is 3.57 Å². The second-order valence-electron chi connectivity index (χ2n) is 5.22. The maximum absolute atomic E-state index is 10.4. The van der Waals surface area contributed by atoms with Crippen LogP contribution in [0.5, 0.6) is 0 Å². The van der Waals surface area contributed by atoms with Crippen LogP contribution in [0.15, 0.2) is 12.3 Å². The Morgan fingerprint density at radius 2 is 2.29 bits per heavy atom. The highest BCUT2D eigenvalue weighted by atomic mass is 127. The lowest BCUT2D eigenvalue weighted by molar-refractivity contribution is -0.0678. The highest BCUT2D eigenvalue weighted by molar-refractivity contribution is 14.1. The molecule has 8 nitrogen and oxygen atoms in total. The van der Waals surface area contributed by atoms with Crippen molar-refractivity contribution in [1.29, 1.82) is 0 Å². The summed E-state index contributed by atoms with van der Waals surface area (Å²) in [5, 5.41) is 33.9. The molecule has 2 aromatic heterocycles. The fraction of sp³-hybridized carbons (Fsp3) is 0.500. The van der Waals surface area contributed by atoms with Crippen molar-refractivity contribution in [1.82, 2.24) is 14.6 Å². The van der Waals surface area contributed by atoms with E-state index < -0.39 is 30.5 Å². The fourth-order valence-electron chi connectivity index (χ4n) is 2.53. The number of aromatic nitrogens is 3. The number of halogens is 1. The number of nitrogen functional groups attached to an aromatic ring is 1. The van der Waals surface area contributed by atoms with E-state index in [0.29, 0.717) is 5.52 Å². The van der Waals surface area contributed by atoms with Crippen molar-refractivity contribution >= 4 is 33.9 Å². The number of ether oxygens (including phenoxy) is 1. The summed E-state index contributed by atoms with van der Waals surface area (Å²) in [6.07, 6.45) is -1.38. The van der Waals surface area contributed by atoms with Crippen LogP contribution in [0.2, 0.25) is 0 Å². The Kier molecular flexibility index (Phi) is 3.56. The van der Waals surface area contributed by atoms with Gasteiger partial charge in [0, 0.05) is 9.77 Å². The molecule has 2 aromatic rings. The Bertz CT molecular complexity index is 689. The second kappa shape index (κ2) is 5.02. The number of aliphatic hydroxyl groups excluding tert-OH is 2. The molecule has 0 aliphatic carbocycles. The molecule has 21 heavy (non-hydrogen) atoms. The van der Waals surface area contributed by atoms with Gasteiger partial charge in [0.1, 0.15) is 23.3 Å². The average Bonchev–Trinajstić information content (AvgIpc) is 2.90. The van der Waals surface area contributed by atoms with Crippen LogP contribution >= 0.6 is 22.6 Å². The van der Waals surface area contributed by atoms with Crippen LogP contribution in [0.1, 0.15) is 18.9 Å². The number of hydrogen-bond donors (Lipinski definition) is 4. The molecule has 114 valence electrons. The topological polar surface area (TPSA) is 126 Å². The second-order valence-corrected chi connectivity index (χ2v) is 6.38. The molecule has 1 aliphatic heterocycles. The predicted molar refractivity (Wildman–Crippen MR) is 81.4 cm³/mol. The number of anilines is 1. The summed E-state index contributed by atoms with van der Waals surface area (Å²) in [5.74, 6) is 0.419. The molecule has 3 rings (SSSR count). The minimum absolute atomic E-state index is 0.159. The van der Waals surface area contributed by atoms with Gasteiger partial charge in [-0.3, -0.25) is 0 Å². The predicted octanol–water partition coefficient (Wildman–Crippen LogP) is -0.540. The van der Waals surface area contributed by atoms with Crippen LogP contribution in [-0.2, 0) is 4.74 Å². The summed E-state index contributed by atoms with van der Waals surface area (Å²) in [5.41, 5.74) is 4.99. The maximum Gasteiger partial charge on any atom is 0.183 e. The van der Waals surface area contributed by atoms with Gasteiger partial charge < -0.3 is 25.8 Å². The molecule has 0 unspecified atom stereocenters. The van der Waals surface area contributed by atoms with Gasteiger partial charge >= 0.3 is 0 Å². The van der Waals surface area contributed by atoms with Gasteiger partial charge in [-0.2, -0.15) is 0 Å². The van der Waals surface area contributed by atoms with Crippen molar-refractivity contribution in [3.8, 4) is 0 Å². The van der Waals surface area contributed by atoms with Crippen molar-refractivity contribution in [3.63, 3.8) is 0 Å². The van der Waals surface area contributed by atoms with Crippen LogP contribution < -0.4 is 5.73 Å². The molecule has 1 saturated heterocycles. The summed E-state index contributed by atoms with van der Waals surface area (Å²) in [6.45, 7) is 1.01. The van der Waals surface area contributed by atoms with Crippen LogP contribution in [0.3, 0.4) is 0 Å². The maximum atomic E-state index is 10.4. The van der Waals surface area contributed by atoms with E-state index in [2.05, 4.69) is 32.7 Å². The molecule has 0 aromatic carbocycles. The van der Waals surface area contributed by atoms with Crippen molar-refractivity contribution in [2.24, 2.45) is 0 Å². The van der Waals surface area contributed by atoms with E-state index in [-0.39, 0.29) is 11.6 Å². The smallest absolute Gasteiger partial charge is 0.183 e. The first kappa shape index (κ1) is 14.9. The largest absolute Gasteiger partial charge is 0.394 e. The quantitative estimate of drug-likeness (QED) is 0.494. The van der Waals surface area contributed by atoms with E-state index in [9.17, 15) is 15.3 Å². The van der Waals surface area contributed by atoms with Gasteiger partial charge in [0.05, 0.1) is 6.61 Å². The van der Waals surface area contributed by atoms with Crippen molar-refractivity contribution in [2.45, 2.75) is 30.8 Å². The molecule has 4 atom stereocenters. The lowest BCUT2D eigenvalue weighted by atomic mass is 9.92. The first-order valence-electron chi connectivity index (χ1n) is 6.33. The van der Waals surface area contributed by atoms with Crippen molar-refractivity contribution in [3.05, 3.63) is 21.7 Å². The van der Waals surface area contributed by atoms with Crippen LogP contribution in [0, 0.1) is 3.57 Å². The highest BCUT2D eigenvalue weighted by Gasteiger charge is 2.54. The molecule has 0 spiro atoms. The standard InChI is InChI=1S/C12H15IN4O4/c1-12(20)8(19)6(4-18)21-9(12)11-15-10(14)7-5(13)2-3-17(7)16-11/h2-3,6,8-9,18-20H,4H2,1H3,(H2,14,15,16)/t6-,8-,9+,12-/m1/s1. The number of hydrogen-bond acceptors (Lipinski definition) is 7. The molecule has 5 N–H and O–H groups in total. The van der Waals surface area contributed by atoms with Crippen molar-refractivity contribution in [2.75, 3.05) is 12.3 Å². The van der Waals surface area contributed by atoms with Gasteiger partial charge in [0.15, 0.2) is 17.7 Å². The van der Waals surface area contributed by atoms with Gasteiger partial charge in [0.25, 0.3) is 0 Å². The number of nitrogens with zero attached hydrogens (tertiary/aromatic N) is 3. The van der Waals surface area contributed by atoms with Gasteiger partial charge in [-0.05, 0) is 35.6 Å². The molecule has 0 radical (unpaired) electrons. The summed E-state index contributed by atoms with van der Waals surface area (Å²) in [4.78, 5) is 4.18. The van der Waals surface area contributed by atoms with E-state index in [1.54, 1.807) is 10.7 Å². The van der Waals surface area contributed by atoms with Crippen LogP contribution in [0.4, 0.5) is 5.82 Å². The van der Waals surface area contributed by atoms with Crippen molar-refractivity contribution < 1.29 is 20.1 Å². The molecule has 9 heteroatoms. The molecular formula is C12H15IN4O4. The Morgan fingerprint density at radius 3 is 2.90 bits per heavy atom. The van der Waals surface area contributed by atoms with Gasteiger partial charge in [-0.15, -0.1) is 5.10 Å². The molecule has 1 fully saturated rings. The summed E-state index contributed by atoms with van der Waals surface area (Å²) < 4.78 is 7.95. The van der Waals surface area contributed by atoms with Gasteiger partial charge in [0.2, 0.25) is 0 Å². The van der Waals surface area contributed by atoms with Gasteiger partial charge in [-0.25, -0.2) is 9.50 Å². The lowest BCUT2D eigenvalue weighted by Crippen LogP contribution is -2.43. The molecule has 3 heterocycles. The average molecular weight is 406 g/mol. The number of rotatable bonds is 2. The lowest BCUT2D eigenvalue weighted by Gasteiger charge is -2.25. The summed E-state index contributed by atoms with van der Waals surface area (Å²) >= 11 is 2.12. The third kappa shape index (κ3) is 2.19.